The number of fused-ring (bicyclic) bond motifs is 1. The molecule has 0 saturated carbocycles. The van der Waals surface area contributed by atoms with Gasteiger partial charge in [-0.1, -0.05) is 12.0 Å². The fourth-order valence-electron chi connectivity index (χ4n) is 5.32. The van der Waals surface area contributed by atoms with Crippen LogP contribution in [0, 0.1) is 23.2 Å². The number of benzene rings is 1. The first-order chi connectivity index (χ1) is 21.0. The summed E-state index contributed by atoms with van der Waals surface area (Å²) in [4.78, 5) is 14.1. The van der Waals surface area contributed by atoms with Crippen LogP contribution in [0.5, 0.6) is 5.75 Å². The van der Waals surface area contributed by atoms with Crippen molar-refractivity contribution in [1.29, 1.82) is 5.26 Å². The van der Waals surface area contributed by atoms with E-state index in [1.807, 2.05) is 0 Å². The fourth-order valence-corrected chi connectivity index (χ4v) is 5.99. The Morgan fingerprint density at radius 3 is 2.59 bits per heavy atom. The Hall–Kier alpha value is -4.11. The van der Waals surface area contributed by atoms with Gasteiger partial charge in [-0.2, -0.15) is 23.5 Å². The summed E-state index contributed by atoms with van der Waals surface area (Å²) < 4.78 is 53.1. The molecule has 2 fully saturated rings. The van der Waals surface area contributed by atoms with Gasteiger partial charge in [0.1, 0.15) is 17.3 Å². The third kappa shape index (κ3) is 6.53. The highest BCUT2D eigenvalue weighted by atomic mass is 32.2. The zero-order chi connectivity index (χ0) is 31.5. The Morgan fingerprint density at radius 2 is 1.98 bits per heavy atom. The number of hydrogen-bond donors (Lipinski definition) is 3. The molecule has 44 heavy (non-hydrogen) atoms. The highest BCUT2D eigenvalue weighted by Gasteiger charge is 2.47. The number of pyridine rings is 1. The summed E-state index contributed by atoms with van der Waals surface area (Å²) in [6.45, 7) is 4.29. The van der Waals surface area contributed by atoms with Crippen molar-refractivity contribution in [3.8, 4) is 23.7 Å². The van der Waals surface area contributed by atoms with Gasteiger partial charge in [-0.05, 0) is 67.8 Å². The van der Waals surface area contributed by atoms with Gasteiger partial charge in [-0.15, -0.1) is 0 Å². The average molecular weight is 628 g/mol. The van der Waals surface area contributed by atoms with Crippen LogP contribution in [0.15, 0.2) is 41.3 Å². The number of nitrogens with one attached hydrogen (secondary N) is 3. The van der Waals surface area contributed by atoms with Gasteiger partial charge in [0.2, 0.25) is 0 Å². The summed E-state index contributed by atoms with van der Waals surface area (Å²) in [5.41, 5.74) is -4.29. The minimum atomic E-state index is -4.55. The second-order valence-electron chi connectivity index (χ2n) is 10.9. The smallest absolute Gasteiger partial charge is 0.446 e. The van der Waals surface area contributed by atoms with Crippen molar-refractivity contribution in [2.24, 2.45) is 0 Å². The number of ether oxygens (including phenoxy) is 2. The van der Waals surface area contributed by atoms with Crippen LogP contribution in [0.25, 0.3) is 5.52 Å². The lowest BCUT2D eigenvalue weighted by atomic mass is 9.85. The molecule has 1 amide bonds. The van der Waals surface area contributed by atoms with Gasteiger partial charge >= 0.3 is 5.51 Å². The Bertz CT molecular complexity index is 1650. The first kappa shape index (κ1) is 31.3. The van der Waals surface area contributed by atoms with Crippen LogP contribution in [-0.4, -0.2) is 84.0 Å². The van der Waals surface area contributed by atoms with E-state index in [1.54, 1.807) is 36.4 Å². The zero-order valence-corrected chi connectivity index (χ0v) is 25.3. The van der Waals surface area contributed by atoms with Crippen molar-refractivity contribution in [1.82, 2.24) is 19.8 Å². The maximum absolute atomic E-state index is 13.6. The van der Waals surface area contributed by atoms with Crippen molar-refractivity contribution in [2.75, 3.05) is 57.6 Å². The maximum Gasteiger partial charge on any atom is 0.446 e. The van der Waals surface area contributed by atoms with Crippen molar-refractivity contribution in [2.45, 2.75) is 41.2 Å². The molecule has 3 N–H and O–H groups in total. The Labute approximate surface area is 257 Å². The van der Waals surface area contributed by atoms with E-state index in [0.29, 0.717) is 49.1 Å². The molecule has 232 valence electrons. The van der Waals surface area contributed by atoms with Gasteiger partial charge in [0.15, 0.2) is 5.54 Å². The molecule has 0 unspecified atom stereocenters. The molecule has 14 heteroatoms. The van der Waals surface area contributed by atoms with Crippen molar-refractivity contribution in [3.05, 3.63) is 47.7 Å². The van der Waals surface area contributed by atoms with Gasteiger partial charge in [0, 0.05) is 31.2 Å². The number of nitriles is 1. The standard InChI is InChI=1S/C30H32F3N7O3S/c1-28(11-14-39(15-12-28)29(17-34)18-43-19-29)37-25-8-4-7-23-26(44-30(31,32)33)21(38-40(23)25)6-5-13-36-22-16-20(27(41)35-2)9-10-24(22)42-3/h4,7-10,16,36-37H,11-15,18-19H2,1-3H3,(H,35,41). The number of anilines is 2. The number of rotatable bonds is 8. The minimum absolute atomic E-state index is 0.00429. The molecule has 0 aliphatic carbocycles. The number of amides is 1. The quantitative estimate of drug-likeness (QED) is 0.248. The summed E-state index contributed by atoms with van der Waals surface area (Å²) in [5, 5.41) is 23.3. The summed E-state index contributed by atoms with van der Waals surface area (Å²) in [5.74, 6) is 6.42. The molecule has 0 atom stereocenters. The predicted octanol–water partition coefficient (Wildman–Crippen LogP) is 4.34. The van der Waals surface area contributed by atoms with Crippen LogP contribution in [0.1, 0.15) is 35.8 Å². The lowest BCUT2D eigenvalue weighted by Gasteiger charge is -2.49. The highest BCUT2D eigenvalue weighted by molar-refractivity contribution is 8.00. The molecule has 2 saturated heterocycles. The SMILES string of the molecule is CNC(=O)c1ccc(OC)c(NCC#Cc2nn3c(NC4(C)CCN(C5(C#N)COC5)CC4)cccc3c2SC(F)(F)F)c1. The molecule has 4 heterocycles. The zero-order valence-electron chi connectivity index (χ0n) is 24.5. The number of methoxy groups -OCH3 is 1. The lowest BCUT2D eigenvalue weighted by molar-refractivity contribution is -0.116. The summed E-state index contributed by atoms with van der Waals surface area (Å²) in [7, 11) is 3.02. The van der Waals surface area contributed by atoms with Crippen LogP contribution >= 0.6 is 11.8 Å². The van der Waals surface area contributed by atoms with Gasteiger partial charge in [0.05, 0.1) is 49.0 Å². The highest BCUT2D eigenvalue weighted by Crippen LogP contribution is 2.41. The first-order valence-electron chi connectivity index (χ1n) is 13.9. The van der Waals surface area contributed by atoms with Crippen molar-refractivity contribution < 1.29 is 27.4 Å². The molecule has 2 aromatic heterocycles. The van der Waals surface area contributed by atoms with Crippen molar-refractivity contribution >= 4 is 34.7 Å². The fraction of sp³-hybridized carbons (Fsp3) is 0.433. The van der Waals surface area contributed by atoms with Gasteiger partial charge in [-0.25, -0.2) is 4.52 Å². The molecule has 0 bridgehead atoms. The monoisotopic (exact) mass is 627 g/mol. The van der Waals surface area contributed by atoms with E-state index < -0.39 is 11.0 Å². The third-order valence-electron chi connectivity index (χ3n) is 7.88. The number of carbonyl (C=O) groups is 1. The van der Waals surface area contributed by atoms with Crippen LogP contribution in [0.3, 0.4) is 0 Å². The maximum atomic E-state index is 13.6. The third-order valence-corrected chi connectivity index (χ3v) is 8.72. The number of likely N-dealkylation sites (tertiary alicyclic amines) is 1. The van der Waals surface area contributed by atoms with Gasteiger partial charge < -0.3 is 25.4 Å². The van der Waals surface area contributed by atoms with E-state index in [-0.39, 0.29) is 45.9 Å². The Kier molecular flexibility index (Phi) is 8.88. The number of thioether (sulfide) groups is 1. The lowest BCUT2D eigenvalue weighted by Crippen LogP contribution is -2.64. The molecule has 10 nitrogen and oxygen atoms in total. The molecule has 2 aliphatic heterocycles. The number of nitrogens with zero attached hydrogens (tertiary/aromatic N) is 4. The molecule has 1 aromatic carbocycles. The second kappa shape index (κ2) is 12.5. The summed E-state index contributed by atoms with van der Waals surface area (Å²) in [6, 6.07) is 12.3. The van der Waals surface area contributed by atoms with Crippen LogP contribution in [0.2, 0.25) is 0 Å². The first-order valence-corrected chi connectivity index (χ1v) is 14.7. The summed E-state index contributed by atoms with van der Waals surface area (Å²) in [6.07, 6.45) is 1.45. The molecular formula is C30H32F3N7O3S. The van der Waals surface area contributed by atoms with Crippen molar-refractivity contribution in [3.63, 3.8) is 0 Å². The summed E-state index contributed by atoms with van der Waals surface area (Å²) >= 11 is -0.248. The van der Waals surface area contributed by atoms with E-state index in [1.165, 1.54) is 18.7 Å². The molecular weight excluding hydrogens is 595 g/mol. The second-order valence-corrected chi connectivity index (χ2v) is 12.0. The van der Waals surface area contributed by atoms with Crippen LogP contribution < -0.4 is 20.7 Å². The molecule has 3 aromatic rings. The Balaban J connectivity index is 1.38. The van der Waals surface area contributed by atoms with Gasteiger partial charge in [0.25, 0.3) is 5.91 Å². The predicted molar refractivity (Wildman–Crippen MR) is 161 cm³/mol. The number of carbonyl (C=O) groups excluding carboxylic acids is 1. The van der Waals surface area contributed by atoms with Gasteiger partial charge in [-0.3, -0.25) is 9.69 Å². The van der Waals surface area contributed by atoms with E-state index in [9.17, 15) is 23.2 Å². The van der Waals surface area contributed by atoms with E-state index >= 15 is 0 Å². The topological polar surface area (TPSA) is 116 Å². The molecule has 2 aliphatic rings. The number of halogens is 3. The minimum Gasteiger partial charge on any atom is -0.495 e. The number of aromatic nitrogens is 2. The van der Waals surface area contributed by atoms with E-state index in [2.05, 4.69) is 50.8 Å². The number of alkyl halides is 3. The van der Waals surface area contributed by atoms with Crippen LogP contribution in [0.4, 0.5) is 24.7 Å². The molecule has 0 radical (unpaired) electrons. The molecule has 5 rings (SSSR count). The largest absolute Gasteiger partial charge is 0.495 e. The van der Waals surface area contributed by atoms with Crippen LogP contribution in [-0.2, 0) is 4.74 Å². The average Bonchev–Trinajstić information content (AvgIpc) is 3.32. The normalized spacial score (nSPS) is 17.5. The molecule has 0 spiro atoms. The number of piperidine rings is 1. The van der Waals surface area contributed by atoms with E-state index in [4.69, 9.17) is 9.47 Å². The Morgan fingerprint density at radius 1 is 1.23 bits per heavy atom. The van der Waals surface area contributed by atoms with E-state index in [0.717, 1.165) is 12.8 Å². The number of hydrogen-bond acceptors (Lipinski definition) is 9.